The molecule has 3 N–H and O–H groups in total. The van der Waals surface area contributed by atoms with Gasteiger partial charge in [0.2, 0.25) is 5.91 Å². The fourth-order valence-corrected chi connectivity index (χ4v) is 3.19. The average Bonchev–Trinajstić information content (AvgIpc) is 2.90. The summed E-state index contributed by atoms with van der Waals surface area (Å²) in [6.07, 6.45) is 5.45. The van der Waals surface area contributed by atoms with Gasteiger partial charge in [-0.1, -0.05) is 62.3 Å². The van der Waals surface area contributed by atoms with Crippen LogP contribution in [-0.4, -0.2) is 17.4 Å². The second kappa shape index (κ2) is 7.03. The van der Waals surface area contributed by atoms with Crippen molar-refractivity contribution in [3.05, 3.63) is 35.9 Å². The van der Waals surface area contributed by atoms with E-state index in [9.17, 15) is 4.79 Å². The summed E-state index contributed by atoms with van der Waals surface area (Å²) in [6.45, 7) is 2.97. The highest BCUT2D eigenvalue weighted by Crippen LogP contribution is 2.36. The number of hydrogen-bond donors (Lipinski definition) is 2. The Labute approximate surface area is 132 Å². The highest BCUT2D eigenvalue weighted by Gasteiger charge is 2.30. The van der Waals surface area contributed by atoms with Crippen LogP contribution in [0.4, 0.5) is 0 Å². The van der Waals surface area contributed by atoms with Gasteiger partial charge in [-0.25, -0.2) is 0 Å². The lowest BCUT2D eigenvalue weighted by atomic mass is 9.88. The third kappa shape index (κ3) is 4.53. The van der Waals surface area contributed by atoms with E-state index in [1.165, 1.54) is 25.7 Å². The van der Waals surface area contributed by atoms with E-state index in [1.807, 2.05) is 30.3 Å². The molecule has 1 unspecified atom stereocenters. The maximum absolute atomic E-state index is 12.4. The lowest BCUT2D eigenvalue weighted by Crippen LogP contribution is -2.42. The summed E-state index contributed by atoms with van der Waals surface area (Å²) in [5.74, 6) is -0.466. The largest absolute Gasteiger partial charge is 0.393 e. The Bertz CT molecular complexity index is 495. The number of benzene rings is 1. The van der Waals surface area contributed by atoms with Gasteiger partial charge in [0.25, 0.3) is 0 Å². The molecule has 1 aromatic carbocycles. The molecule has 0 aliphatic heterocycles. The maximum atomic E-state index is 12.4. The molecule has 0 spiro atoms. The Balaban J connectivity index is 1.94. The van der Waals surface area contributed by atoms with Gasteiger partial charge >= 0.3 is 0 Å². The highest BCUT2D eigenvalue weighted by atomic mass is 32.1. The van der Waals surface area contributed by atoms with Crippen molar-refractivity contribution in [2.24, 2.45) is 17.1 Å². The number of carbonyl (C=O) groups excluding carboxylic acids is 1. The van der Waals surface area contributed by atoms with Gasteiger partial charge in [0.15, 0.2) is 0 Å². The second-order valence-corrected chi connectivity index (χ2v) is 6.85. The van der Waals surface area contributed by atoms with Crippen molar-refractivity contribution < 1.29 is 4.79 Å². The van der Waals surface area contributed by atoms with E-state index in [2.05, 4.69) is 12.2 Å². The first-order chi connectivity index (χ1) is 10.0. The van der Waals surface area contributed by atoms with Crippen LogP contribution in [-0.2, 0) is 11.2 Å². The normalized spacial score (nSPS) is 18.1. The van der Waals surface area contributed by atoms with Crippen molar-refractivity contribution >= 4 is 23.1 Å². The van der Waals surface area contributed by atoms with Crippen LogP contribution in [0.5, 0.6) is 0 Å². The summed E-state index contributed by atoms with van der Waals surface area (Å²) in [4.78, 5) is 12.7. The minimum Gasteiger partial charge on any atom is -0.393 e. The molecule has 2 rings (SSSR count). The molecule has 3 nitrogen and oxygen atoms in total. The molecule has 114 valence electrons. The molecule has 0 aromatic heterocycles. The van der Waals surface area contributed by atoms with Crippen LogP contribution in [0.1, 0.15) is 38.2 Å². The van der Waals surface area contributed by atoms with Crippen LogP contribution in [0.2, 0.25) is 0 Å². The zero-order valence-corrected chi connectivity index (χ0v) is 13.4. The molecule has 1 atom stereocenters. The SMILES string of the molecule is CC1(CNC(=O)C(Cc2ccccc2)C(N)=S)CCCC1. The Morgan fingerprint density at radius 3 is 2.52 bits per heavy atom. The van der Waals surface area contributed by atoms with Crippen molar-refractivity contribution in [3.63, 3.8) is 0 Å². The molecule has 21 heavy (non-hydrogen) atoms. The highest BCUT2D eigenvalue weighted by molar-refractivity contribution is 7.80. The van der Waals surface area contributed by atoms with Crippen molar-refractivity contribution in [2.75, 3.05) is 6.54 Å². The molecule has 0 heterocycles. The molecule has 1 amide bonds. The van der Waals surface area contributed by atoms with E-state index >= 15 is 0 Å². The fraction of sp³-hybridized carbons (Fsp3) is 0.529. The maximum Gasteiger partial charge on any atom is 0.230 e. The van der Waals surface area contributed by atoms with E-state index in [-0.39, 0.29) is 16.3 Å². The summed E-state index contributed by atoms with van der Waals surface area (Å²) in [6, 6.07) is 9.88. The number of carbonyl (C=O) groups is 1. The van der Waals surface area contributed by atoms with E-state index in [4.69, 9.17) is 18.0 Å². The van der Waals surface area contributed by atoms with Crippen LogP contribution >= 0.6 is 12.2 Å². The first-order valence-electron chi connectivity index (χ1n) is 7.61. The van der Waals surface area contributed by atoms with Crippen molar-refractivity contribution in [1.29, 1.82) is 0 Å². The number of nitrogens with one attached hydrogen (secondary N) is 1. The Kier molecular flexibility index (Phi) is 5.34. The third-order valence-electron chi connectivity index (χ3n) is 4.44. The molecular weight excluding hydrogens is 280 g/mol. The van der Waals surface area contributed by atoms with E-state index in [1.54, 1.807) is 0 Å². The predicted molar refractivity (Wildman–Crippen MR) is 90.0 cm³/mol. The van der Waals surface area contributed by atoms with E-state index < -0.39 is 5.92 Å². The minimum atomic E-state index is -0.424. The van der Waals surface area contributed by atoms with E-state index in [0.717, 1.165) is 12.1 Å². The van der Waals surface area contributed by atoms with Gasteiger partial charge in [-0.05, 0) is 30.2 Å². The molecule has 1 fully saturated rings. The van der Waals surface area contributed by atoms with Gasteiger partial charge in [0, 0.05) is 6.54 Å². The van der Waals surface area contributed by atoms with Crippen LogP contribution in [0.15, 0.2) is 30.3 Å². The summed E-state index contributed by atoms with van der Waals surface area (Å²) in [5, 5.41) is 3.06. The topological polar surface area (TPSA) is 55.1 Å². The molecule has 0 saturated heterocycles. The van der Waals surface area contributed by atoms with Crippen LogP contribution in [0, 0.1) is 11.3 Å². The van der Waals surface area contributed by atoms with Crippen molar-refractivity contribution in [1.82, 2.24) is 5.32 Å². The monoisotopic (exact) mass is 304 g/mol. The van der Waals surface area contributed by atoms with Gasteiger partial charge in [-0.15, -0.1) is 0 Å². The minimum absolute atomic E-state index is 0.0421. The van der Waals surface area contributed by atoms with Crippen molar-refractivity contribution in [2.45, 2.75) is 39.0 Å². The second-order valence-electron chi connectivity index (χ2n) is 6.38. The summed E-state index contributed by atoms with van der Waals surface area (Å²) in [7, 11) is 0. The van der Waals surface area contributed by atoms with Gasteiger partial charge < -0.3 is 11.1 Å². The van der Waals surface area contributed by atoms with Crippen LogP contribution in [0.25, 0.3) is 0 Å². The molecule has 1 aliphatic rings. The molecule has 4 heteroatoms. The molecule has 0 bridgehead atoms. The standard InChI is InChI=1S/C17H24N2OS/c1-17(9-5-6-10-17)12-19-16(20)14(15(18)21)11-13-7-3-2-4-8-13/h2-4,7-8,14H,5-6,9-12H2,1H3,(H2,18,21)(H,19,20). The van der Waals surface area contributed by atoms with Gasteiger partial charge in [-0.3, -0.25) is 4.79 Å². The number of nitrogens with two attached hydrogens (primary N) is 1. The molecule has 1 saturated carbocycles. The smallest absolute Gasteiger partial charge is 0.230 e. The number of amides is 1. The fourth-order valence-electron chi connectivity index (χ4n) is 3.00. The van der Waals surface area contributed by atoms with Crippen LogP contribution in [0.3, 0.4) is 0 Å². The Hall–Kier alpha value is -1.42. The molecule has 0 radical (unpaired) electrons. The molecule has 1 aromatic rings. The lowest BCUT2D eigenvalue weighted by Gasteiger charge is -2.25. The zero-order valence-electron chi connectivity index (χ0n) is 12.6. The Morgan fingerprint density at radius 1 is 1.33 bits per heavy atom. The third-order valence-corrected chi connectivity index (χ3v) is 4.73. The predicted octanol–water partition coefficient (Wildman–Crippen LogP) is 2.83. The van der Waals surface area contributed by atoms with Gasteiger partial charge in [0.05, 0.1) is 10.9 Å². The number of hydrogen-bond acceptors (Lipinski definition) is 2. The Morgan fingerprint density at radius 2 is 1.95 bits per heavy atom. The first-order valence-corrected chi connectivity index (χ1v) is 8.02. The molecule has 1 aliphatic carbocycles. The quantitative estimate of drug-likeness (QED) is 0.795. The molecular formula is C17H24N2OS. The zero-order chi connectivity index (χ0) is 15.3. The van der Waals surface area contributed by atoms with E-state index in [0.29, 0.717) is 6.42 Å². The van der Waals surface area contributed by atoms with Crippen LogP contribution < -0.4 is 11.1 Å². The van der Waals surface area contributed by atoms with Crippen molar-refractivity contribution in [3.8, 4) is 0 Å². The summed E-state index contributed by atoms with van der Waals surface area (Å²) in [5.41, 5.74) is 7.09. The summed E-state index contributed by atoms with van der Waals surface area (Å²) < 4.78 is 0. The average molecular weight is 304 g/mol. The number of thiocarbonyl (C=S) groups is 1. The van der Waals surface area contributed by atoms with Gasteiger partial charge in [-0.2, -0.15) is 0 Å². The lowest BCUT2D eigenvalue weighted by molar-refractivity contribution is -0.123. The summed E-state index contributed by atoms with van der Waals surface area (Å²) >= 11 is 5.09. The number of rotatable bonds is 6. The first kappa shape index (κ1) is 16.0. The van der Waals surface area contributed by atoms with Gasteiger partial charge in [0.1, 0.15) is 0 Å².